The van der Waals surface area contributed by atoms with Crippen molar-refractivity contribution in [2.45, 2.75) is 75.0 Å². The van der Waals surface area contributed by atoms with Crippen LogP contribution in [0.3, 0.4) is 0 Å². The van der Waals surface area contributed by atoms with Crippen molar-refractivity contribution in [2.24, 2.45) is 0 Å². The molecule has 11 nitrogen and oxygen atoms in total. The van der Waals surface area contributed by atoms with Crippen LogP contribution in [0.1, 0.15) is 74.9 Å². The van der Waals surface area contributed by atoms with Crippen molar-refractivity contribution in [3.05, 3.63) is 325 Å². The van der Waals surface area contributed by atoms with Crippen LogP contribution in [-0.2, 0) is 39.0 Å². The van der Waals surface area contributed by atoms with Crippen molar-refractivity contribution in [1.82, 2.24) is 0 Å². The van der Waals surface area contributed by atoms with Crippen molar-refractivity contribution in [3.63, 3.8) is 0 Å². The molecule has 0 saturated carbocycles. The molecule has 1 N–H and O–H groups in total. The Balaban J connectivity index is 0.000000229. The first kappa shape index (κ1) is 73.5. The van der Waals surface area contributed by atoms with Gasteiger partial charge in [0.05, 0.1) is 74.7 Å². The predicted octanol–water partition coefficient (Wildman–Crippen LogP) is 15.1. The maximum Gasteiger partial charge on any atom is 0.261 e. The highest BCUT2D eigenvalue weighted by Crippen LogP contribution is 2.45. The highest BCUT2D eigenvalue weighted by Gasteiger charge is 2.52. The molecule has 2 atom stereocenters. The number of ether oxygens (including phenoxy) is 8. The summed E-state index contributed by atoms with van der Waals surface area (Å²) >= 11 is 0. The van der Waals surface area contributed by atoms with Crippen molar-refractivity contribution < 1.29 is 51.9 Å². The largest absolute Gasteiger partial charge is 0.497 e. The Kier molecular flexibility index (Phi) is 26.0. The van der Waals surface area contributed by atoms with E-state index in [9.17, 15) is 5.11 Å². The maximum atomic E-state index is 9.87. The Morgan fingerprint density at radius 1 is 0.337 bits per heavy atom. The smallest absolute Gasteiger partial charge is 0.261 e. The lowest BCUT2D eigenvalue weighted by Gasteiger charge is -2.44. The predicted molar refractivity (Wildman–Crippen MR) is 400 cm³/mol. The van der Waals surface area contributed by atoms with Gasteiger partial charge in [0.15, 0.2) is 0 Å². The molecule has 0 unspecified atom stereocenters. The first-order valence-electron chi connectivity index (χ1n) is 33.5. The van der Waals surface area contributed by atoms with Gasteiger partial charge in [0.2, 0.25) is 0 Å². The van der Waals surface area contributed by atoms with Crippen molar-refractivity contribution in [1.29, 1.82) is 0 Å². The van der Waals surface area contributed by atoms with E-state index in [1.54, 1.807) is 34.5 Å². The first-order valence-corrected chi connectivity index (χ1v) is 37.3. The second-order valence-corrected chi connectivity index (χ2v) is 34.7. The summed E-state index contributed by atoms with van der Waals surface area (Å²) in [6.45, 7) is 19.0. The van der Waals surface area contributed by atoms with Crippen molar-refractivity contribution >= 4 is 37.4 Å². The van der Waals surface area contributed by atoms with Gasteiger partial charge < -0.3 is 51.9 Å². The number of hydrogen-bond acceptors (Lipinski definition) is 11. The molecule has 0 aliphatic carbocycles. The Morgan fingerprint density at radius 2 is 0.582 bits per heavy atom. The summed E-state index contributed by atoms with van der Waals surface area (Å²) in [7, 11) is 0.976. The van der Waals surface area contributed by atoms with Gasteiger partial charge >= 0.3 is 0 Å². The number of hydrogen-bond donors (Lipinski definition) is 1. The van der Waals surface area contributed by atoms with Gasteiger partial charge in [0.1, 0.15) is 46.4 Å². The van der Waals surface area contributed by atoms with Crippen molar-refractivity contribution in [2.75, 3.05) is 74.7 Å². The van der Waals surface area contributed by atoms with Gasteiger partial charge in [-0.2, -0.15) is 0 Å². The molecule has 0 aliphatic heterocycles. The number of rotatable bonds is 32. The van der Waals surface area contributed by atoms with Crippen LogP contribution in [0.2, 0.25) is 10.1 Å². The SMILES string of the molecule is C=CCO[C@@H](COC(c1ccccc1)(c1ccc(OC)cc1)c1ccc(OC)cc1)CO[Si](c1ccccc1)(c1ccccc1)C(C)(C)C.COc1ccc(C(OC[C@@H](CO[Si](c2ccccc2)(c2ccccc2)C(C)(C)C)OCCO)(c2ccccc2)c2ccc(OC)cc2)cc1. The van der Waals surface area contributed by atoms with Crippen LogP contribution in [0.25, 0.3) is 0 Å². The van der Waals surface area contributed by atoms with Crippen molar-refractivity contribution in [3.8, 4) is 23.0 Å². The molecule has 0 fully saturated rings. The third-order valence-electron chi connectivity index (χ3n) is 18.0. The molecule has 0 aliphatic rings. The van der Waals surface area contributed by atoms with Crippen LogP contribution in [0.15, 0.2) is 292 Å². The summed E-state index contributed by atoms with van der Waals surface area (Å²) in [5.74, 6) is 3.05. The fraction of sp³-hybridized carbons (Fsp3) is 0.271. The monoisotopic (exact) mass is 1350 g/mol. The van der Waals surface area contributed by atoms with Crippen LogP contribution < -0.4 is 39.7 Å². The van der Waals surface area contributed by atoms with E-state index in [1.165, 1.54) is 20.7 Å². The number of benzene rings is 10. The standard InChI is InChI=1S/C43H48O5Si.C42H48O6Si/c1-7-31-46-39(33-48-49(42(2,3)4,40-19-13-9-14-20-40)41-21-15-10-16-22-41)32-47-43(34-17-11-8-12-18-34,35-23-27-37(44-5)28-24-35)36-25-29-38(45-6)30-26-36;1-41(2,3)49(39-17-11-7-12-18-39,40-19-13-8-14-20-40)48-32-38(46-30-29-43)31-47-42(33-15-9-6-10-16-33,34-21-25-36(44-4)26-22-34)35-23-27-37(45-5)28-24-35/h7-30,39H,1,31-33H2,2-6H3;6-28,38,43H,29-32H2,1-5H3/t39-;38-/m00/s1. The molecular weight excluding hydrogens is 1250 g/mol. The Morgan fingerprint density at radius 3 is 0.816 bits per heavy atom. The summed E-state index contributed by atoms with van der Waals surface area (Å²) in [5.41, 5.74) is 3.72. The zero-order valence-electron chi connectivity index (χ0n) is 58.5. The van der Waals surface area contributed by atoms with E-state index in [2.05, 4.69) is 206 Å². The molecule has 0 spiro atoms. The highest BCUT2D eigenvalue weighted by molar-refractivity contribution is 7.00. The second kappa shape index (κ2) is 34.7. The van der Waals surface area contributed by atoms with Gasteiger partial charge in [-0.05, 0) is 113 Å². The summed E-state index contributed by atoms with van der Waals surface area (Å²) in [4.78, 5) is 0. The molecule has 10 aromatic carbocycles. The Bertz CT molecular complexity index is 3760. The molecule has 0 saturated heterocycles. The minimum absolute atomic E-state index is 0.115. The third kappa shape index (κ3) is 16.7. The summed E-state index contributed by atoms with van der Waals surface area (Å²) in [6, 6.07) is 95.0. The molecule has 98 heavy (non-hydrogen) atoms. The number of aliphatic hydroxyl groups is 1. The summed E-state index contributed by atoms with van der Waals surface area (Å²) < 4.78 is 64.0. The van der Waals surface area contributed by atoms with Crippen LogP contribution in [0.5, 0.6) is 23.0 Å². The Hall–Kier alpha value is -8.71. The van der Waals surface area contributed by atoms with Crippen LogP contribution in [0.4, 0.5) is 0 Å². The fourth-order valence-electron chi connectivity index (χ4n) is 13.3. The topological polar surface area (TPSA) is 113 Å². The molecule has 0 heterocycles. The lowest BCUT2D eigenvalue weighted by molar-refractivity contribution is -0.0835. The second-order valence-electron chi connectivity index (χ2n) is 26.0. The number of methoxy groups -OCH3 is 4. The van der Waals surface area contributed by atoms with E-state index in [-0.39, 0.29) is 43.1 Å². The summed E-state index contributed by atoms with van der Waals surface area (Å²) in [5, 5.41) is 14.3. The van der Waals surface area contributed by atoms with Gasteiger partial charge in [-0.1, -0.05) is 278 Å². The van der Waals surface area contributed by atoms with Gasteiger partial charge in [0.25, 0.3) is 16.6 Å². The van der Waals surface area contributed by atoms with Gasteiger partial charge in [-0.25, -0.2) is 0 Å². The van der Waals surface area contributed by atoms with E-state index >= 15 is 0 Å². The van der Waals surface area contributed by atoms with E-state index < -0.39 is 40.0 Å². The zero-order valence-corrected chi connectivity index (χ0v) is 60.5. The first-order chi connectivity index (χ1) is 47.6. The Labute approximate surface area is 583 Å². The average Bonchev–Trinajstić information content (AvgIpc) is 0.740. The molecule has 13 heteroatoms. The van der Waals surface area contributed by atoms with E-state index in [0.717, 1.165) is 56.4 Å². The zero-order chi connectivity index (χ0) is 69.5. The molecule has 0 radical (unpaired) electrons. The molecule has 510 valence electrons. The molecular formula is C85H96O11Si2. The minimum Gasteiger partial charge on any atom is -0.497 e. The lowest BCUT2D eigenvalue weighted by Crippen LogP contribution is -2.67. The van der Waals surface area contributed by atoms with Crippen LogP contribution >= 0.6 is 0 Å². The normalized spacial score (nSPS) is 12.7. The van der Waals surface area contributed by atoms with Crippen LogP contribution in [0, 0.1) is 0 Å². The van der Waals surface area contributed by atoms with E-state index in [4.69, 9.17) is 46.7 Å². The molecule has 0 amide bonds. The lowest BCUT2D eigenvalue weighted by atomic mass is 9.80. The summed E-state index contributed by atoms with van der Waals surface area (Å²) in [6.07, 6.45) is 0.875. The third-order valence-corrected chi connectivity index (χ3v) is 28.0. The van der Waals surface area contributed by atoms with Gasteiger partial charge in [0, 0.05) is 0 Å². The quantitative estimate of drug-likeness (QED) is 0.0247. The number of aliphatic hydroxyl groups excluding tert-OH is 1. The van der Waals surface area contributed by atoms with Gasteiger partial charge in [-0.15, -0.1) is 6.58 Å². The van der Waals surface area contributed by atoms with E-state index in [1.807, 2.05) is 121 Å². The average molecular weight is 1350 g/mol. The molecule has 0 aromatic heterocycles. The van der Waals surface area contributed by atoms with Gasteiger partial charge in [-0.3, -0.25) is 0 Å². The van der Waals surface area contributed by atoms with Crippen LogP contribution in [-0.4, -0.2) is 109 Å². The molecule has 10 aromatic rings. The fourth-order valence-corrected chi connectivity index (χ4v) is 22.4. The molecule has 0 bridgehead atoms. The highest BCUT2D eigenvalue weighted by atomic mass is 28.4. The maximum absolute atomic E-state index is 9.87. The molecule has 10 rings (SSSR count). The van der Waals surface area contributed by atoms with E-state index in [0.29, 0.717) is 13.2 Å². The minimum atomic E-state index is -2.86.